The fraction of sp³-hybridized carbons (Fsp3) is 0.767. The molecule has 0 aromatic carbocycles. The largest absolute Gasteiger partial charge is 0.462 e. The van der Waals surface area contributed by atoms with E-state index in [2.05, 4.69) is 0 Å². The van der Waals surface area contributed by atoms with Gasteiger partial charge in [-0.15, -0.1) is 0 Å². The van der Waals surface area contributed by atoms with Crippen LogP contribution >= 0.6 is 0 Å². The monoisotopic (exact) mass is 610 g/mol. The molecule has 240 valence electrons. The van der Waals surface area contributed by atoms with Crippen LogP contribution in [0.5, 0.6) is 0 Å². The minimum absolute atomic E-state index is 0.0337. The Morgan fingerprint density at radius 2 is 1.56 bits per heavy atom. The van der Waals surface area contributed by atoms with E-state index in [4.69, 9.17) is 28.4 Å². The van der Waals surface area contributed by atoms with Gasteiger partial charge < -0.3 is 38.6 Å². The summed E-state index contributed by atoms with van der Waals surface area (Å²) in [4.78, 5) is 63.7. The summed E-state index contributed by atoms with van der Waals surface area (Å²) >= 11 is 0. The third kappa shape index (κ3) is 5.22. The van der Waals surface area contributed by atoms with Gasteiger partial charge in [-0.05, 0) is 37.8 Å². The Balaban J connectivity index is 2.07. The van der Waals surface area contributed by atoms with E-state index < -0.39 is 101 Å². The summed E-state index contributed by atoms with van der Waals surface area (Å²) in [5, 5.41) is 23.3. The van der Waals surface area contributed by atoms with Crippen LogP contribution in [0.25, 0.3) is 0 Å². The third-order valence-corrected chi connectivity index (χ3v) is 9.62. The lowest BCUT2D eigenvalue weighted by Crippen LogP contribution is -2.69. The lowest BCUT2D eigenvalue weighted by molar-refractivity contribution is -0.249. The normalized spacial score (nSPS) is 44.7. The van der Waals surface area contributed by atoms with Crippen LogP contribution in [0, 0.1) is 17.3 Å². The molecule has 0 aromatic heterocycles. The summed E-state index contributed by atoms with van der Waals surface area (Å²) in [6, 6.07) is 0. The van der Waals surface area contributed by atoms with E-state index in [0.717, 1.165) is 6.92 Å². The zero-order valence-electron chi connectivity index (χ0n) is 25.8. The molecule has 2 saturated heterocycles. The van der Waals surface area contributed by atoms with Gasteiger partial charge in [0.05, 0.1) is 11.5 Å². The zero-order chi connectivity index (χ0) is 32.2. The van der Waals surface area contributed by atoms with Crippen molar-refractivity contribution in [2.24, 2.45) is 17.3 Å². The maximum absolute atomic E-state index is 13.2. The van der Waals surface area contributed by atoms with Crippen LogP contribution in [0.4, 0.5) is 0 Å². The molecule has 12 atom stereocenters. The molecule has 13 heteroatoms. The van der Waals surface area contributed by atoms with Gasteiger partial charge in [-0.2, -0.15) is 0 Å². The van der Waals surface area contributed by atoms with Crippen molar-refractivity contribution >= 4 is 29.8 Å². The number of esters is 5. The van der Waals surface area contributed by atoms with Crippen LogP contribution < -0.4 is 0 Å². The number of hydrogen-bond acceptors (Lipinski definition) is 13. The summed E-state index contributed by atoms with van der Waals surface area (Å²) < 4.78 is 35.2. The smallest absolute Gasteiger partial charge is 0.342 e. The van der Waals surface area contributed by atoms with Gasteiger partial charge in [-0.25, -0.2) is 4.79 Å². The number of carbonyl (C=O) groups excluding carboxylic acids is 5. The maximum atomic E-state index is 13.2. The summed E-state index contributed by atoms with van der Waals surface area (Å²) in [5.74, 6) is -5.42. The number of epoxide rings is 1. The van der Waals surface area contributed by atoms with Crippen molar-refractivity contribution in [1.29, 1.82) is 0 Å². The van der Waals surface area contributed by atoms with E-state index >= 15 is 0 Å². The number of ether oxygens (including phenoxy) is 6. The second kappa shape index (κ2) is 11.5. The van der Waals surface area contributed by atoms with Crippen molar-refractivity contribution in [2.45, 2.75) is 129 Å². The Morgan fingerprint density at radius 3 is 2.09 bits per heavy atom. The second-order valence-electron chi connectivity index (χ2n) is 12.5. The Bertz CT molecular complexity index is 1210. The minimum atomic E-state index is -1.73. The van der Waals surface area contributed by atoms with Crippen LogP contribution in [0.2, 0.25) is 0 Å². The van der Waals surface area contributed by atoms with Crippen LogP contribution in [-0.4, -0.2) is 94.0 Å². The first-order chi connectivity index (χ1) is 19.9. The highest BCUT2D eigenvalue weighted by Gasteiger charge is 2.87. The molecule has 43 heavy (non-hydrogen) atoms. The number of rotatable bonds is 6. The predicted molar refractivity (Wildman–Crippen MR) is 145 cm³/mol. The molecular formula is C30H42O13. The Morgan fingerprint density at radius 1 is 0.977 bits per heavy atom. The standard InChI is InChI=1S/C30H42O13/c1-9-10-21(35)42-24-13(2)11-20-30(29(8,43-30)27(37)41-20)25(39-16(5)32)22-14(3)18(34)12-19(38-15(4)31)28(22,7)26(23(24)36)40-17(6)33/h11,14,18-20,22-26,34,36H,9-10,12H2,1-8H3/b13-11-/t14-,18-,19?,20?,22?,23-,24?,25-,26-,28-,29+,30?/m0/s1. The quantitative estimate of drug-likeness (QED) is 0.190. The Kier molecular flexibility index (Phi) is 8.77. The second-order valence-corrected chi connectivity index (χ2v) is 12.5. The van der Waals surface area contributed by atoms with Crippen LogP contribution in [-0.2, 0) is 52.4 Å². The molecule has 2 heterocycles. The van der Waals surface area contributed by atoms with Gasteiger partial charge in [0.1, 0.15) is 24.4 Å². The molecule has 5 unspecified atom stereocenters. The van der Waals surface area contributed by atoms with Crippen LogP contribution in [0.1, 0.15) is 74.7 Å². The molecule has 13 nitrogen and oxygen atoms in total. The number of fused-ring (bicyclic) bond motifs is 1. The van der Waals surface area contributed by atoms with Crippen molar-refractivity contribution in [3.05, 3.63) is 11.6 Å². The van der Waals surface area contributed by atoms with Crippen molar-refractivity contribution in [2.75, 3.05) is 0 Å². The van der Waals surface area contributed by atoms with Gasteiger partial charge in [0.15, 0.2) is 23.4 Å². The van der Waals surface area contributed by atoms with Gasteiger partial charge in [0, 0.05) is 39.5 Å². The molecule has 3 fully saturated rings. The fourth-order valence-corrected chi connectivity index (χ4v) is 7.54. The van der Waals surface area contributed by atoms with E-state index in [-0.39, 0.29) is 18.4 Å². The molecule has 2 N–H and O–H groups in total. The minimum Gasteiger partial charge on any atom is -0.462 e. The molecule has 4 aliphatic rings. The van der Waals surface area contributed by atoms with Crippen molar-refractivity contribution in [3.8, 4) is 0 Å². The van der Waals surface area contributed by atoms with Crippen molar-refractivity contribution in [1.82, 2.24) is 0 Å². The van der Waals surface area contributed by atoms with Crippen molar-refractivity contribution in [3.63, 3.8) is 0 Å². The average molecular weight is 611 g/mol. The van der Waals surface area contributed by atoms with E-state index in [1.807, 2.05) is 0 Å². The molecule has 1 spiro atoms. The first-order valence-corrected chi connectivity index (χ1v) is 14.6. The molecular weight excluding hydrogens is 568 g/mol. The Hall–Kier alpha value is -3.03. The highest BCUT2D eigenvalue weighted by molar-refractivity contribution is 5.89. The molecule has 4 rings (SSSR count). The predicted octanol–water partition coefficient (Wildman–Crippen LogP) is 1.29. The van der Waals surface area contributed by atoms with Crippen LogP contribution in [0.15, 0.2) is 11.6 Å². The number of carbonyl (C=O) groups is 5. The summed E-state index contributed by atoms with van der Waals surface area (Å²) in [6.07, 6.45) is -7.63. The topological polar surface area (TPSA) is 184 Å². The van der Waals surface area contributed by atoms with Gasteiger partial charge in [0.25, 0.3) is 0 Å². The highest BCUT2D eigenvalue weighted by atomic mass is 16.7. The summed E-state index contributed by atoms with van der Waals surface area (Å²) in [7, 11) is 0. The molecule has 0 radical (unpaired) electrons. The number of aliphatic hydroxyl groups is 2. The van der Waals surface area contributed by atoms with Gasteiger partial charge in [-0.3, -0.25) is 19.2 Å². The fourth-order valence-electron chi connectivity index (χ4n) is 7.54. The van der Waals surface area contributed by atoms with Gasteiger partial charge in [0.2, 0.25) is 0 Å². The molecule has 0 aromatic rings. The van der Waals surface area contributed by atoms with E-state index in [1.165, 1.54) is 26.8 Å². The SMILES string of the molecule is CCCC(=O)OC1/C(C)=C\C2OC(=O)[C@@]3(C)OC23[C@@H](OC(C)=O)C2[C@@H](C)[C@@H](O)CC(OC(C)=O)[C@]2(C)[C@@H](OC(C)=O)[C@H]1O. The average Bonchev–Trinajstić information content (AvgIpc) is 3.48. The molecule has 0 amide bonds. The lowest BCUT2D eigenvalue weighted by Gasteiger charge is -2.57. The lowest BCUT2D eigenvalue weighted by atomic mass is 9.52. The first kappa shape index (κ1) is 32.9. The number of hydrogen-bond donors (Lipinski definition) is 2. The maximum Gasteiger partial charge on any atom is 0.342 e. The van der Waals surface area contributed by atoms with Crippen LogP contribution in [0.3, 0.4) is 0 Å². The molecule has 2 aliphatic carbocycles. The summed E-state index contributed by atoms with van der Waals surface area (Å²) in [6.45, 7) is 11.6. The van der Waals surface area contributed by atoms with Gasteiger partial charge >= 0.3 is 29.8 Å². The van der Waals surface area contributed by atoms with Gasteiger partial charge in [-0.1, -0.05) is 20.8 Å². The highest BCUT2D eigenvalue weighted by Crippen LogP contribution is 2.65. The van der Waals surface area contributed by atoms with E-state index in [0.29, 0.717) is 6.42 Å². The first-order valence-electron chi connectivity index (χ1n) is 14.6. The van der Waals surface area contributed by atoms with E-state index in [1.54, 1.807) is 27.7 Å². The Labute approximate surface area is 250 Å². The third-order valence-electron chi connectivity index (χ3n) is 9.62. The van der Waals surface area contributed by atoms with E-state index in [9.17, 15) is 34.2 Å². The molecule has 1 saturated carbocycles. The zero-order valence-corrected chi connectivity index (χ0v) is 25.8. The van der Waals surface area contributed by atoms with Crippen molar-refractivity contribution < 1.29 is 62.6 Å². The molecule has 2 aliphatic heterocycles. The summed E-state index contributed by atoms with van der Waals surface area (Å²) in [5.41, 5.74) is -4.55. The molecule has 0 bridgehead atoms. The number of aliphatic hydroxyl groups excluding tert-OH is 2.